The van der Waals surface area contributed by atoms with Gasteiger partial charge in [0.2, 0.25) is 10.0 Å². The smallest absolute Gasteiger partial charge is 0.242 e. The standard InChI is InChI=1S/C18H20Cl2N2O3S/c19-16-5-6-17(20)18(11-16)26(23,24)21-12-14-3-1-2-4-15(14)13-22-7-9-25-10-8-22/h1-6,11,21H,7-10,12-13H2. The van der Waals surface area contributed by atoms with E-state index in [1.54, 1.807) is 6.07 Å². The third kappa shape index (κ3) is 4.97. The van der Waals surface area contributed by atoms with Crippen LogP contribution in [0.25, 0.3) is 0 Å². The van der Waals surface area contributed by atoms with Crippen molar-refractivity contribution < 1.29 is 13.2 Å². The number of ether oxygens (including phenoxy) is 1. The predicted molar refractivity (Wildman–Crippen MR) is 103 cm³/mol. The average Bonchev–Trinajstić information content (AvgIpc) is 2.64. The monoisotopic (exact) mass is 414 g/mol. The van der Waals surface area contributed by atoms with Gasteiger partial charge in [0.15, 0.2) is 0 Å². The minimum atomic E-state index is -3.76. The molecule has 2 aromatic carbocycles. The van der Waals surface area contributed by atoms with Crippen LogP contribution < -0.4 is 4.72 Å². The van der Waals surface area contributed by atoms with Gasteiger partial charge >= 0.3 is 0 Å². The van der Waals surface area contributed by atoms with Crippen molar-refractivity contribution in [3.05, 3.63) is 63.6 Å². The highest BCUT2D eigenvalue weighted by molar-refractivity contribution is 7.89. The SMILES string of the molecule is O=S(=O)(NCc1ccccc1CN1CCOCC1)c1cc(Cl)ccc1Cl. The van der Waals surface area contributed by atoms with Gasteiger partial charge in [-0.2, -0.15) is 0 Å². The highest BCUT2D eigenvalue weighted by atomic mass is 35.5. The van der Waals surface area contributed by atoms with Gasteiger partial charge < -0.3 is 4.74 Å². The second kappa shape index (κ2) is 8.69. The van der Waals surface area contributed by atoms with Crippen LogP contribution in [0.2, 0.25) is 10.0 Å². The predicted octanol–water partition coefficient (Wildman–Crippen LogP) is 3.30. The van der Waals surface area contributed by atoms with E-state index in [1.165, 1.54) is 12.1 Å². The third-order valence-electron chi connectivity index (χ3n) is 4.25. The Morgan fingerprint density at radius 2 is 1.73 bits per heavy atom. The molecule has 8 heteroatoms. The Hall–Kier alpha value is -1.15. The molecular weight excluding hydrogens is 395 g/mol. The first-order valence-electron chi connectivity index (χ1n) is 8.27. The zero-order valence-corrected chi connectivity index (χ0v) is 16.4. The van der Waals surface area contributed by atoms with E-state index in [4.69, 9.17) is 27.9 Å². The van der Waals surface area contributed by atoms with Crippen LogP contribution in [-0.2, 0) is 27.8 Å². The summed E-state index contributed by atoms with van der Waals surface area (Å²) >= 11 is 11.9. The molecular formula is C18H20Cl2N2O3S. The lowest BCUT2D eigenvalue weighted by molar-refractivity contribution is 0.0341. The molecule has 1 aliphatic heterocycles. The maximum absolute atomic E-state index is 12.6. The van der Waals surface area contributed by atoms with Crippen LogP contribution in [0.3, 0.4) is 0 Å². The number of halogens is 2. The molecule has 1 heterocycles. The van der Waals surface area contributed by atoms with Crippen molar-refractivity contribution in [1.82, 2.24) is 9.62 Å². The first kappa shape index (κ1) is 19.6. The Morgan fingerprint density at radius 3 is 2.46 bits per heavy atom. The van der Waals surface area contributed by atoms with E-state index >= 15 is 0 Å². The van der Waals surface area contributed by atoms with Gasteiger partial charge in [0.25, 0.3) is 0 Å². The first-order valence-corrected chi connectivity index (χ1v) is 10.5. The number of nitrogens with one attached hydrogen (secondary N) is 1. The Labute approximate surface area is 163 Å². The van der Waals surface area contributed by atoms with E-state index < -0.39 is 10.0 Å². The summed E-state index contributed by atoms with van der Waals surface area (Å²) in [5.41, 5.74) is 2.02. The number of hydrogen-bond acceptors (Lipinski definition) is 4. The molecule has 26 heavy (non-hydrogen) atoms. The van der Waals surface area contributed by atoms with Crippen molar-refractivity contribution in [2.45, 2.75) is 18.0 Å². The molecule has 0 atom stereocenters. The summed E-state index contributed by atoms with van der Waals surface area (Å²) in [6.45, 7) is 4.14. The van der Waals surface area contributed by atoms with E-state index in [1.807, 2.05) is 24.3 Å². The molecule has 0 amide bonds. The Kier molecular flexibility index (Phi) is 6.55. The number of hydrogen-bond donors (Lipinski definition) is 1. The van der Waals surface area contributed by atoms with Gasteiger partial charge in [-0.25, -0.2) is 13.1 Å². The van der Waals surface area contributed by atoms with Crippen LogP contribution >= 0.6 is 23.2 Å². The largest absolute Gasteiger partial charge is 0.379 e. The fourth-order valence-electron chi connectivity index (χ4n) is 2.82. The topological polar surface area (TPSA) is 58.6 Å². The van der Waals surface area contributed by atoms with Crippen LogP contribution in [0.1, 0.15) is 11.1 Å². The Balaban J connectivity index is 1.74. The lowest BCUT2D eigenvalue weighted by Gasteiger charge is -2.27. The minimum Gasteiger partial charge on any atom is -0.379 e. The summed E-state index contributed by atoms with van der Waals surface area (Å²) in [4.78, 5) is 2.28. The normalized spacial score (nSPS) is 15.9. The van der Waals surface area contributed by atoms with Crippen molar-refractivity contribution in [3.63, 3.8) is 0 Å². The van der Waals surface area contributed by atoms with E-state index in [9.17, 15) is 8.42 Å². The zero-order chi connectivity index (χ0) is 18.6. The molecule has 2 aromatic rings. The van der Waals surface area contributed by atoms with Gasteiger partial charge in [0.05, 0.1) is 18.2 Å². The van der Waals surface area contributed by atoms with Crippen molar-refractivity contribution >= 4 is 33.2 Å². The second-order valence-electron chi connectivity index (χ2n) is 6.06. The van der Waals surface area contributed by atoms with Crippen LogP contribution in [0.5, 0.6) is 0 Å². The van der Waals surface area contributed by atoms with Gasteiger partial charge in [-0.05, 0) is 29.3 Å². The van der Waals surface area contributed by atoms with Gasteiger partial charge in [-0.1, -0.05) is 47.5 Å². The Morgan fingerprint density at radius 1 is 1.04 bits per heavy atom. The summed E-state index contributed by atoms with van der Waals surface area (Å²) in [6, 6.07) is 12.2. The summed E-state index contributed by atoms with van der Waals surface area (Å²) in [5, 5.41) is 0.464. The molecule has 1 N–H and O–H groups in total. The summed E-state index contributed by atoms with van der Waals surface area (Å²) in [5.74, 6) is 0. The van der Waals surface area contributed by atoms with Crippen LogP contribution in [-0.4, -0.2) is 39.6 Å². The molecule has 0 radical (unpaired) electrons. The first-order chi connectivity index (χ1) is 12.5. The highest BCUT2D eigenvalue weighted by Gasteiger charge is 2.19. The molecule has 5 nitrogen and oxygen atoms in total. The van der Waals surface area contributed by atoms with E-state index in [-0.39, 0.29) is 16.5 Å². The zero-order valence-electron chi connectivity index (χ0n) is 14.1. The van der Waals surface area contributed by atoms with Crippen molar-refractivity contribution in [1.29, 1.82) is 0 Å². The van der Waals surface area contributed by atoms with Gasteiger partial charge in [-0.15, -0.1) is 0 Å². The molecule has 0 unspecified atom stereocenters. The van der Waals surface area contributed by atoms with E-state index in [0.717, 1.165) is 44.0 Å². The summed E-state index contributed by atoms with van der Waals surface area (Å²) in [6.07, 6.45) is 0. The summed E-state index contributed by atoms with van der Waals surface area (Å²) < 4.78 is 33.2. The quantitative estimate of drug-likeness (QED) is 0.787. The fourth-order valence-corrected chi connectivity index (χ4v) is 4.58. The fraction of sp³-hybridized carbons (Fsp3) is 0.333. The van der Waals surface area contributed by atoms with Crippen molar-refractivity contribution in [2.24, 2.45) is 0 Å². The van der Waals surface area contributed by atoms with Crippen LogP contribution in [0, 0.1) is 0 Å². The Bertz CT molecular complexity index is 868. The molecule has 0 bridgehead atoms. The van der Waals surface area contributed by atoms with E-state index in [2.05, 4.69) is 9.62 Å². The van der Waals surface area contributed by atoms with Crippen LogP contribution in [0.15, 0.2) is 47.4 Å². The van der Waals surface area contributed by atoms with E-state index in [0.29, 0.717) is 5.02 Å². The summed E-state index contributed by atoms with van der Waals surface area (Å²) in [7, 11) is -3.76. The van der Waals surface area contributed by atoms with Gasteiger partial charge in [-0.3, -0.25) is 4.90 Å². The number of rotatable bonds is 6. The molecule has 1 fully saturated rings. The van der Waals surface area contributed by atoms with Crippen molar-refractivity contribution in [3.8, 4) is 0 Å². The molecule has 0 saturated carbocycles. The van der Waals surface area contributed by atoms with Gasteiger partial charge in [0, 0.05) is 31.2 Å². The highest BCUT2D eigenvalue weighted by Crippen LogP contribution is 2.25. The molecule has 3 rings (SSSR count). The molecule has 140 valence electrons. The third-order valence-corrected chi connectivity index (χ3v) is 6.37. The lowest BCUT2D eigenvalue weighted by Crippen LogP contribution is -2.36. The number of morpholine rings is 1. The molecule has 1 saturated heterocycles. The second-order valence-corrected chi connectivity index (χ2v) is 8.64. The molecule has 0 spiro atoms. The van der Waals surface area contributed by atoms with Crippen LogP contribution in [0.4, 0.5) is 0 Å². The molecule has 0 aliphatic carbocycles. The van der Waals surface area contributed by atoms with Gasteiger partial charge in [0.1, 0.15) is 4.90 Å². The maximum Gasteiger partial charge on any atom is 0.242 e. The molecule has 0 aromatic heterocycles. The maximum atomic E-state index is 12.6. The average molecular weight is 415 g/mol. The van der Waals surface area contributed by atoms with Crippen molar-refractivity contribution in [2.75, 3.05) is 26.3 Å². The number of benzene rings is 2. The minimum absolute atomic E-state index is 0.0164. The number of nitrogens with zero attached hydrogens (tertiary/aromatic N) is 1. The lowest BCUT2D eigenvalue weighted by atomic mass is 10.1. The molecule has 1 aliphatic rings. The number of sulfonamides is 1.